The monoisotopic (exact) mass is 570 g/mol. The van der Waals surface area contributed by atoms with Crippen molar-refractivity contribution >= 4 is 50.9 Å². The fraction of sp³-hybridized carbons (Fsp3) is 0.0303. The van der Waals surface area contributed by atoms with Crippen molar-refractivity contribution in [2.45, 2.75) is 0 Å². The molecule has 2 N–H and O–H groups in total. The Hall–Kier alpha value is -5.47. The third-order valence-corrected chi connectivity index (χ3v) is 7.20. The Morgan fingerprint density at radius 2 is 1.60 bits per heavy atom. The SMILES string of the molecule is COc1ccc(N=N/C(=N\c2nc(-c3c(-c4ccc(Cl)cc4)[nH]c4ccccc34)co2)c2c[nH]c3ccccc23)cc1. The predicted molar refractivity (Wildman–Crippen MR) is 166 cm³/mol. The number of aromatic amines is 2. The summed E-state index contributed by atoms with van der Waals surface area (Å²) in [6, 6.07) is 31.2. The van der Waals surface area contributed by atoms with Gasteiger partial charge in [-0.25, -0.2) is 0 Å². The molecule has 4 aromatic carbocycles. The average Bonchev–Trinajstić information content (AvgIpc) is 3.77. The molecule has 204 valence electrons. The molecular formula is C33H23ClN6O2. The average molecular weight is 571 g/mol. The zero-order valence-electron chi connectivity index (χ0n) is 22.4. The summed E-state index contributed by atoms with van der Waals surface area (Å²) in [7, 11) is 1.62. The molecule has 0 aliphatic carbocycles. The number of para-hydroxylation sites is 2. The second kappa shape index (κ2) is 10.8. The van der Waals surface area contributed by atoms with Gasteiger partial charge in [-0.15, -0.1) is 10.2 Å². The quantitative estimate of drug-likeness (QED) is 0.118. The van der Waals surface area contributed by atoms with Crippen LogP contribution in [0.25, 0.3) is 44.3 Å². The van der Waals surface area contributed by atoms with E-state index in [0.29, 0.717) is 22.2 Å². The number of benzene rings is 4. The van der Waals surface area contributed by atoms with Gasteiger partial charge in [0.15, 0.2) is 5.84 Å². The number of rotatable bonds is 6. The standard InChI is InChI=1S/C33H23ClN6O2/c1-41-23-16-14-22(15-17-23)39-40-32(26-18-35-27-8-4-2-6-24(26)27)38-33-37-29(19-42-33)30-25-7-3-5-9-28(25)36-31(30)20-10-12-21(34)13-11-20/h2-19,35-36H,1H3/b38-32-,40-39?. The van der Waals surface area contributed by atoms with E-state index in [9.17, 15) is 0 Å². The Morgan fingerprint density at radius 1 is 0.857 bits per heavy atom. The van der Waals surface area contributed by atoms with E-state index in [1.165, 1.54) is 0 Å². The summed E-state index contributed by atoms with van der Waals surface area (Å²) in [5.74, 6) is 1.09. The molecule has 0 bridgehead atoms. The first-order valence-electron chi connectivity index (χ1n) is 13.2. The Balaban J connectivity index is 1.33. The highest BCUT2D eigenvalue weighted by Crippen LogP contribution is 2.39. The number of halogens is 1. The van der Waals surface area contributed by atoms with E-state index < -0.39 is 0 Å². The van der Waals surface area contributed by atoms with Crippen molar-refractivity contribution in [2.24, 2.45) is 15.2 Å². The number of fused-ring (bicyclic) bond motifs is 2. The van der Waals surface area contributed by atoms with Gasteiger partial charge in [0, 0.05) is 44.2 Å². The van der Waals surface area contributed by atoms with Gasteiger partial charge < -0.3 is 19.1 Å². The number of aliphatic imine (C=N–C) groups is 1. The maximum atomic E-state index is 6.17. The topological polar surface area (TPSA) is 104 Å². The number of azo groups is 1. The Bertz CT molecular complexity index is 2090. The van der Waals surface area contributed by atoms with Crippen molar-refractivity contribution in [1.29, 1.82) is 0 Å². The van der Waals surface area contributed by atoms with Crippen LogP contribution in [0.15, 0.2) is 129 Å². The molecule has 0 fully saturated rings. The van der Waals surface area contributed by atoms with Crippen LogP contribution < -0.4 is 4.74 Å². The smallest absolute Gasteiger partial charge is 0.324 e. The largest absolute Gasteiger partial charge is 0.497 e. The first-order valence-corrected chi connectivity index (χ1v) is 13.6. The number of ether oxygens (including phenoxy) is 1. The zero-order valence-corrected chi connectivity index (χ0v) is 23.1. The maximum absolute atomic E-state index is 6.17. The number of oxazole rings is 1. The van der Waals surface area contributed by atoms with Crippen LogP contribution in [0.2, 0.25) is 5.02 Å². The van der Waals surface area contributed by atoms with Crippen LogP contribution >= 0.6 is 11.6 Å². The molecule has 9 heteroatoms. The highest BCUT2D eigenvalue weighted by atomic mass is 35.5. The molecule has 3 aromatic heterocycles. The Morgan fingerprint density at radius 3 is 2.38 bits per heavy atom. The van der Waals surface area contributed by atoms with Crippen LogP contribution in [0.4, 0.5) is 11.7 Å². The second-order valence-electron chi connectivity index (χ2n) is 9.52. The molecule has 42 heavy (non-hydrogen) atoms. The number of hydrogen-bond donors (Lipinski definition) is 2. The number of H-pyrrole nitrogens is 2. The summed E-state index contributed by atoms with van der Waals surface area (Å²) in [5.41, 5.74) is 6.81. The van der Waals surface area contributed by atoms with Crippen LogP contribution in [-0.4, -0.2) is 27.9 Å². The minimum atomic E-state index is 0.159. The summed E-state index contributed by atoms with van der Waals surface area (Å²) < 4.78 is 11.2. The van der Waals surface area contributed by atoms with Gasteiger partial charge in [-0.2, -0.15) is 9.98 Å². The highest BCUT2D eigenvalue weighted by Gasteiger charge is 2.19. The summed E-state index contributed by atoms with van der Waals surface area (Å²) in [5, 5.41) is 11.6. The first-order chi connectivity index (χ1) is 20.7. The van der Waals surface area contributed by atoms with E-state index >= 15 is 0 Å². The molecule has 0 saturated carbocycles. The molecule has 0 aliphatic rings. The molecule has 8 nitrogen and oxygen atoms in total. The van der Waals surface area contributed by atoms with Crippen molar-refractivity contribution in [1.82, 2.24) is 15.0 Å². The van der Waals surface area contributed by atoms with E-state index in [1.807, 2.05) is 97.2 Å². The zero-order chi connectivity index (χ0) is 28.5. The second-order valence-corrected chi connectivity index (χ2v) is 9.96. The highest BCUT2D eigenvalue weighted by molar-refractivity contribution is 6.30. The molecule has 0 spiro atoms. The molecule has 0 amide bonds. The van der Waals surface area contributed by atoms with Crippen LogP contribution in [0, 0.1) is 0 Å². The fourth-order valence-electron chi connectivity index (χ4n) is 4.91. The van der Waals surface area contributed by atoms with Crippen molar-refractivity contribution in [3.05, 3.63) is 120 Å². The van der Waals surface area contributed by atoms with E-state index in [0.717, 1.165) is 49.9 Å². The molecular weight excluding hydrogens is 548 g/mol. The third-order valence-electron chi connectivity index (χ3n) is 6.95. The number of amidine groups is 1. The first kappa shape index (κ1) is 25.5. The molecule has 0 unspecified atom stereocenters. The van der Waals surface area contributed by atoms with Gasteiger partial charge in [0.25, 0.3) is 0 Å². The molecule has 0 radical (unpaired) electrons. The Kier molecular flexibility index (Phi) is 6.58. The van der Waals surface area contributed by atoms with E-state index in [4.69, 9.17) is 30.7 Å². The van der Waals surface area contributed by atoms with E-state index in [-0.39, 0.29) is 6.01 Å². The molecule has 7 rings (SSSR count). The number of methoxy groups -OCH3 is 1. The number of nitrogens with one attached hydrogen (secondary N) is 2. The fourth-order valence-corrected chi connectivity index (χ4v) is 5.04. The summed E-state index contributed by atoms with van der Waals surface area (Å²) in [6.07, 6.45) is 3.47. The number of aromatic nitrogens is 3. The van der Waals surface area contributed by atoms with Crippen molar-refractivity contribution < 1.29 is 9.15 Å². The molecule has 0 atom stereocenters. The third kappa shape index (κ3) is 4.84. The van der Waals surface area contributed by atoms with Crippen LogP contribution in [0.1, 0.15) is 5.56 Å². The van der Waals surface area contributed by atoms with E-state index in [2.05, 4.69) is 26.3 Å². The summed E-state index contributed by atoms with van der Waals surface area (Å²) >= 11 is 6.17. The van der Waals surface area contributed by atoms with Gasteiger partial charge >= 0.3 is 6.01 Å². The van der Waals surface area contributed by atoms with Crippen LogP contribution in [0.3, 0.4) is 0 Å². The van der Waals surface area contributed by atoms with Gasteiger partial charge in [0.05, 0.1) is 18.5 Å². The lowest BCUT2D eigenvalue weighted by atomic mass is 10.0. The summed E-state index contributed by atoms with van der Waals surface area (Å²) in [4.78, 5) is 16.3. The van der Waals surface area contributed by atoms with Crippen molar-refractivity contribution in [3.63, 3.8) is 0 Å². The lowest BCUT2D eigenvalue weighted by Crippen LogP contribution is -1.95. The molecule has 0 saturated heterocycles. The van der Waals surface area contributed by atoms with Gasteiger partial charge in [0.2, 0.25) is 0 Å². The van der Waals surface area contributed by atoms with Crippen molar-refractivity contribution in [2.75, 3.05) is 7.11 Å². The van der Waals surface area contributed by atoms with Gasteiger partial charge in [0.1, 0.15) is 17.7 Å². The number of hydrogen-bond acceptors (Lipinski definition) is 5. The summed E-state index contributed by atoms with van der Waals surface area (Å²) in [6.45, 7) is 0. The molecule has 0 aliphatic heterocycles. The minimum Gasteiger partial charge on any atom is -0.497 e. The lowest BCUT2D eigenvalue weighted by Gasteiger charge is -2.02. The van der Waals surface area contributed by atoms with Crippen LogP contribution in [0.5, 0.6) is 5.75 Å². The predicted octanol–water partition coefficient (Wildman–Crippen LogP) is 9.50. The van der Waals surface area contributed by atoms with Crippen LogP contribution in [-0.2, 0) is 0 Å². The maximum Gasteiger partial charge on any atom is 0.324 e. The van der Waals surface area contributed by atoms with Gasteiger partial charge in [-0.3, -0.25) is 0 Å². The lowest BCUT2D eigenvalue weighted by molar-refractivity contribution is 0.415. The van der Waals surface area contributed by atoms with E-state index in [1.54, 1.807) is 13.4 Å². The normalized spacial score (nSPS) is 12.1. The molecule has 3 heterocycles. The van der Waals surface area contributed by atoms with Gasteiger partial charge in [-0.1, -0.05) is 60.1 Å². The minimum absolute atomic E-state index is 0.159. The van der Waals surface area contributed by atoms with Gasteiger partial charge in [-0.05, 0) is 54.1 Å². The number of nitrogens with zero attached hydrogens (tertiary/aromatic N) is 4. The Labute approximate surface area is 245 Å². The van der Waals surface area contributed by atoms with Crippen molar-refractivity contribution in [3.8, 4) is 28.3 Å². The molecule has 7 aromatic rings.